The predicted octanol–water partition coefficient (Wildman–Crippen LogP) is 4.29. The van der Waals surface area contributed by atoms with Crippen molar-refractivity contribution in [2.24, 2.45) is 0 Å². The van der Waals surface area contributed by atoms with Crippen molar-refractivity contribution in [1.29, 1.82) is 0 Å². The Kier molecular flexibility index (Phi) is 5.02. The molecule has 138 valence electrons. The Bertz CT molecular complexity index is 956. The van der Waals surface area contributed by atoms with Crippen LogP contribution in [0.25, 0.3) is 0 Å². The highest BCUT2D eigenvalue weighted by Crippen LogP contribution is 2.31. The van der Waals surface area contributed by atoms with Gasteiger partial charge < -0.3 is 9.47 Å². The van der Waals surface area contributed by atoms with Gasteiger partial charge in [0.25, 0.3) is 5.91 Å². The zero-order valence-corrected chi connectivity index (χ0v) is 15.2. The second-order valence-corrected chi connectivity index (χ2v) is 7.22. The maximum absolute atomic E-state index is 13.0. The summed E-state index contributed by atoms with van der Waals surface area (Å²) >= 11 is 1.39. The number of hydrogen-bond donors (Lipinski definition) is 1. The van der Waals surface area contributed by atoms with Gasteiger partial charge in [-0.25, -0.2) is 9.37 Å². The molecule has 7 heteroatoms. The van der Waals surface area contributed by atoms with Gasteiger partial charge in [0.15, 0.2) is 16.6 Å². The summed E-state index contributed by atoms with van der Waals surface area (Å²) in [4.78, 5) is 17.7. The molecule has 27 heavy (non-hydrogen) atoms. The lowest BCUT2D eigenvalue weighted by molar-refractivity contribution is 0.102. The molecule has 5 nitrogen and oxygen atoms in total. The molecule has 0 saturated heterocycles. The van der Waals surface area contributed by atoms with E-state index in [1.807, 2.05) is 0 Å². The van der Waals surface area contributed by atoms with E-state index in [0.717, 1.165) is 16.9 Å². The van der Waals surface area contributed by atoms with Crippen LogP contribution in [0.2, 0.25) is 0 Å². The number of fused-ring (bicyclic) bond motifs is 1. The maximum Gasteiger partial charge on any atom is 0.257 e. The first kappa shape index (κ1) is 17.5. The van der Waals surface area contributed by atoms with Crippen molar-refractivity contribution >= 4 is 22.4 Å². The largest absolute Gasteiger partial charge is 0.490 e. The molecule has 0 fully saturated rings. The number of rotatable bonds is 4. The van der Waals surface area contributed by atoms with Crippen LogP contribution in [0, 0.1) is 5.82 Å². The smallest absolute Gasteiger partial charge is 0.257 e. The molecule has 2 aromatic carbocycles. The van der Waals surface area contributed by atoms with Gasteiger partial charge in [0.1, 0.15) is 5.82 Å². The average Bonchev–Trinajstić information content (AvgIpc) is 2.97. The third-order valence-electron chi connectivity index (χ3n) is 4.08. The highest BCUT2D eigenvalue weighted by atomic mass is 32.1. The number of amides is 1. The van der Waals surface area contributed by atoms with Crippen molar-refractivity contribution in [2.75, 3.05) is 18.5 Å². The molecule has 1 N–H and O–H groups in total. The minimum Gasteiger partial charge on any atom is -0.490 e. The van der Waals surface area contributed by atoms with Gasteiger partial charge in [0.05, 0.1) is 13.2 Å². The SMILES string of the molecule is O=C(Nc1ncc(Cc2ccc(F)cc2)s1)c1ccc2c(c1)OCCCO2. The van der Waals surface area contributed by atoms with Crippen LogP contribution >= 0.6 is 11.3 Å². The molecule has 0 bridgehead atoms. The summed E-state index contributed by atoms with van der Waals surface area (Å²) in [7, 11) is 0. The van der Waals surface area contributed by atoms with Crippen LogP contribution in [0.1, 0.15) is 27.2 Å². The van der Waals surface area contributed by atoms with Crippen LogP contribution in [-0.4, -0.2) is 24.1 Å². The minimum atomic E-state index is -0.258. The van der Waals surface area contributed by atoms with Crippen molar-refractivity contribution < 1.29 is 18.7 Å². The van der Waals surface area contributed by atoms with E-state index in [0.29, 0.717) is 41.8 Å². The summed E-state index contributed by atoms with van der Waals surface area (Å²) in [5.41, 5.74) is 1.47. The Labute approximate surface area is 159 Å². The predicted molar refractivity (Wildman–Crippen MR) is 101 cm³/mol. The lowest BCUT2D eigenvalue weighted by Crippen LogP contribution is -2.11. The molecule has 1 aliphatic rings. The number of nitrogens with one attached hydrogen (secondary N) is 1. The monoisotopic (exact) mass is 384 g/mol. The molecule has 0 saturated carbocycles. The number of benzene rings is 2. The van der Waals surface area contributed by atoms with Crippen molar-refractivity contribution in [3.63, 3.8) is 0 Å². The number of aromatic nitrogens is 1. The summed E-state index contributed by atoms with van der Waals surface area (Å²) < 4.78 is 24.2. The van der Waals surface area contributed by atoms with Crippen LogP contribution < -0.4 is 14.8 Å². The van der Waals surface area contributed by atoms with E-state index in [9.17, 15) is 9.18 Å². The molecule has 0 radical (unpaired) electrons. The topological polar surface area (TPSA) is 60.5 Å². The number of anilines is 1. The lowest BCUT2D eigenvalue weighted by Gasteiger charge is -2.08. The second-order valence-electron chi connectivity index (χ2n) is 6.10. The molecule has 3 aromatic rings. The molecular formula is C20H17FN2O3S. The van der Waals surface area contributed by atoms with Crippen molar-refractivity contribution in [2.45, 2.75) is 12.8 Å². The first-order valence-electron chi connectivity index (χ1n) is 8.57. The van der Waals surface area contributed by atoms with Gasteiger partial charge in [0.2, 0.25) is 0 Å². The van der Waals surface area contributed by atoms with E-state index in [1.54, 1.807) is 36.5 Å². The molecule has 0 spiro atoms. The number of carbonyl (C=O) groups excluding carboxylic acids is 1. The second kappa shape index (κ2) is 7.75. The van der Waals surface area contributed by atoms with Gasteiger partial charge in [-0.3, -0.25) is 10.1 Å². The van der Waals surface area contributed by atoms with E-state index in [-0.39, 0.29) is 11.7 Å². The third-order valence-corrected chi connectivity index (χ3v) is 4.99. The quantitative estimate of drug-likeness (QED) is 0.729. The fourth-order valence-corrected chi connectivity index (χ4v) is 3.57. The highest BCUT2D eigenvalue weighted by molar-refractivity contribution is 7.15. The highest BCUT2D eigenvalue weighted by Gasteiger charge is 2.15. The maximum atomic E-state index is 13.0. The van der Waals surface area contributed by atoms with Gasteiger partial charge in [-0.1, -0.05) is 12.1 Å². The minimum absolute atomic E-state index is 0.256. The summed E-state index contributed by atoms with van der Waals surface area (Å²) in [6.45, 7) is 1.17. The van der Waals surface area contributed by atoms with E-state index in [2.05, 4.69) is 10.3 Å². The van der Waals surface area contributed by atoms with Crippen LogP contribution in [0.5, 0.6) is 11.5 Å². The number of thiazole rings is 1. The Balaban J connectivity index is 1.43. The molecule has 0 aliphatic carbocycles. The van der Waals surface area contributed by atoms with Gasteiger partial charge >= 0.3 is 0 Å². The molecule has 0 unspecified atom stereocenters. The van der Waals surface area contributed by atoms with Gasteiger partial charge in [-0.05, 0) is 35.9 Å². The first-order chi connectivity index (χ1) is 13.2. The van der Waals surface area contributed by atoms with E-state index in [4.69, 9.17) is 9.47 Å². The van der Waals surface area contributed by atoms with E-state index in [1.165, 1.54) is 23.5 Å². The van der Waals surface area contributed by atoms with Crippen molar-refractivity contribution in [3.8, 4) is 11.5 Å². The molecule has 2 heterocycles. The van der Waals surface area contributed by atoms with Gasteiger partial charge in [-0.2, -0.15) is 0 Å². The average molecular weight is 384 g/mol. The fraction of sp³-hybridized carbons (Fsp3) is 0.200. The van der Waals surface area contributed by atoms with Crippen molar-refractivity contribution in [1.82, 2.24) is 4.98 Å². The van der Waals surface area contributed by atoms with Crippen LogP contribution in [0.4, 0.5) is 9.52 Å². The van der Waals surface area contributed by atoms with Crippen LogP contribution in [-0.2, 0) is 6.42 Å². The van der Waals surface area contributed by atoms with Crippen LogP contribution in [0.3, 0.4) is 0 Å². The summed E-state index contributed by atoms with van der Waals surface area (Å²) in [6.07, 6.45) is 3.17. The first-order valence-corrected chi connectivity index (χ1v) is 9.39. The molecular weight excluding hydrogens is 367 g/mol. The number of halogens is 1. The number of carbonyl (C=O) groups is 1. The molecule has 1 aliphatic heterocycles. The fourth-order valence-electron chi connectivity index (χ4n) is 2.72. The zero-order chi connectivity index (χ0) is 18.6. The van der Waals surface area contributed by atoms with E-state index >= 15 is 0 Å². The molecule has 1 aromatic heterocycles. The standard InChI is InChI=1S/C20H17FN2O3S/c21-15-5-2-13(3-6-15)10-16-12-22-20(27-16)23-19(24)14-4-7-17-18(11-14)26-9-1-8-25-17/h2-7,11-12H,1,8-10H2,(H,22,23,24). The molecule has 1 amide bonds. The normalized spacial score (nSPS) is 13.1. The Morgan fingerprint density at radius 2 is 1.89 bits per heavy atom. The van der Waals surface area contributed by atoms with Gasteiger partial charge in [-0.15, -0.1) is 11.3 Å². The van der Waals surface area contributed by atoms with Gasteiger partial charge in [0, 0.05) is 29.5 Å². The summed E-state index contributed by atoms with van der Waals surface area (Å²) in [5.74, 6) is 0.718. The molecule has 0 atom stereocenters. The third kappa shape index (κ3) is 4.25. The van der Waals surface area contributed by atoms with Crippen molar-refractivity contribution in [3.05, 3.63) is 70.5 Å². The Morgan fingerprint density at radius 3 is 2.70 bits per heavy atom. The number of hydrogen-bond acceptors (Lipinski definition) is 5. The zero-order valence-electron chi connectivity index (χ0n) is 14.4. The lowest BCUT2D eigenvalue weighted by atomic mass is 10.1. The number of nitrogens with zero attached hydrogens (tertiary/aromatic N) is 1. The summed E-state index contributed by atoms with van der Waals surface area (Å²) in [5, 5.41) is 3.33. The van der Waals surface area contributed by atoms with Crippen LogP contribution in [0.15, 0.2) is 48.7 Å². The summed E-state index contributed by atoms with van der Waals surface area (Å²) in [6, 6.07) is 11.5. The number of ether oxygens (including phenoxy) is 2. The molecule has 4 rings (SSSR count). The Morgan fingerprint density at radius 1 is 1.11 bits per heavy atom. The Hall–Kier alpha value is -2.93. The van der Waals surface area contributed by atoms with E-state index < -0.39 is 0 Å².